The van der Waals surface area contributed by atoms with E-state index in [4.69, 9.17) is 4.74 Å². The number of nitrogens with zero attached hydrogens (tertiary/aromatic N) is 2. The zero-order valence-corrected chi connectivity index (χ0v) is 10.3. The summed E-state index contributed by atoms with van der Waals surface area (Å²) in [6, 6.07) is 3.31. The van der Waals surface area contributed by atoms with Crippen LogP contribution >= 0.6 is 0 Å². The van der Waals surface area contributed by atoms with Gasteiger partial charge in [0.2, 0.25) is 0 Å². The minimum atomic E-state index is 0.520. The molecule has 2 heterocycles. The van der Waals surface area contributed by atoms with E-state index in [1.165, 1.54) is 25.7 Å². The van der Waals surface area contributed by atoms with Crippen LogP contribution in [0.4, 0.5) is 0 Å². The fourth-order valence-corrected chi connectivity index (χ4v) is 2.79. The first-order chi connectivity index (χ1) is 8.42. The second kappa shape index (κ2) is 5.19. The first-order valence-electron chi connectivity index (χ1n) is 6.77. The zero-order valence-electron chi connectivity index (χ0n) is 10.3. The number of ether oxygens (including phenoxy) is 1. The number of nitrogens with one attached hydrogen (secondary N) is 1. The summed E-state index contributed by atoms with van der Waals surface area (Å²) in [5.74, 6) is 0. The van der Waals surface area contributed by atoms with Crippen LogP contribution < -0.4 is 5.32 Å². The van der Waals surface area contributed by atoms with E-state index in [0.717, 1.165) is 31.9 Å². The highest BCUT2D eigenvalue weighted by Crippen LogP contribution is 2.28. The first-order valence-corrected chi connectivity index (χ1v) is 6.77. The van der Waals surface area contributed by atoms with Crippen LogP contribution in [0.2, 0.25) is 0 Å². The third-order valence-electron chi connectivity index (χ3n) is 3.86. The largest absolute Gasteiger partial charge is 0.380 e. The van der Waals surface area contributed by atoms with Crippen molar-refractivity contribution in [1.82, 2.24) is 15.1 Å². The molecule has 3 rings (SSSR count). The third-order valence-corrected chi connectivity index (χ3v) is 3.86. The molecule has 1 saturated heterocycles. The molecule has 0 amide bonds. The highest BCUT2D eigenvalue weighted by Gasteiger charge is 2.18. The molecule has 2 fully saturated rings. The van der Waals surface area contributed by atoms with Crippen molar-refractivity contribution in [2.24, 2.45) is 0 Å². The Morgan fingerprint density at radius 2 is 2.24 bits per heavy atom. The van der Waals surface area contributed by atoms with Gasteiger partial charge in [0.15, 0.2) is 0 Å². The van der Waals surface area contributed by atoms with Gasteiger partial charge >= 0.3 is 0 Å². The SMILES string of the molecule is c1cn(C2CCCC2)nc1CNC1CCOC1. The van der Waals surface area contributed by atoms with E-state index < -0.39 is 0 Å². The Bertz CT molecular complexity index is 351. The van der Waals surface area contributed by atoms with Crippen molar-refractivity contribution in [2.75, 3.05) is 13.2 Å². The average molecular weight is 235 g/mol. The summed E-state index contributed by atoms with van der Waals surface area (Å²) < 4.78 is 7.51. The fraction of sp³-hybridized carbons (Fsp3) is 0.769. The lowest BCUT2D eigenvalue weighted by atomic mass is 10.2. The van der Waals surface area contributed by atoms with Crippen LogP contribution in [0.25, 0.3) is 0 Å². The molecule has 1 unspecified atom stereocenters. The standard InChI is InChI=1S/C13H21N3O/c1-2-4-13(3-1)16-7-5-11(15-16)9-14-12-6-8-17-10-12/h5,7,12-14H,1-4,6,8-10H2. The molecule has 0 spiro atoms. The highest BCUT2D eigenvalue weighted by molar-refractivity contribution is 5.00. The predicted molar refractivity (Wildman–Crippen MR) is 65.8 cm³/mol. The fourth-order valence-electron chi connectivity index (χ4n) is 2.79. The van der Waals surface area contributed by atoms with E-state index in [0.29, 0.717) is 12.1 Å². The van der Waals surface area contributed by atoms with Crippen molar-refractivity contribution in [3.8, 4) is 0 Å². The van der Waals surface area contributed by atoms with E-state index in [2.05, 4.69) is 27.4 Å². The molecule has 1 aromatic heterocycles. The van der Waals surface area contributed by atoms with Gasteiger partial charge in [0.25, 0.3) is 0 Å². The molecule has 1 N–H and O–H groups in total. The van der Waals surface area contributed by atoms with Crippen LogP contribution in [0, 0.1) is 0 Å². The van der Waals surface area contributed by atoms with Crippen LogP contribution in [-0.2, 0) is 11.3 Å². The summed E-state index contributed by atoms with van der Waals surface area (Å²) in [6.45, 7) is 2.62. The molecule has 0 bridgehead atoms. The van der Waals surface area contributed by atoms with Gasteiger partial charge in [-0.1, -0.05) is 12.8 Å². The maximum atomic E-state index is 5.34. The van der Waals surface area contributed by atoms with Crippen LogP contribution in [0.5, 0.6) is 0 Å². The second-order valence-corrected chi connectivity index (χ2v) is 5.17. The monoisotopic (exact) mass is 235 g/mol. The van der Waals surface area contributed by atoms with Gasteiger partial charge < -0.3 is 10.1 Å². The Morgan fingerprint density at radius 3 is 3.00 bits per heavy atom. The van der Waals surface area contributed by atoms with Crippen molar-refractivity contribution >= 4 is 0 Å². The van der Waals surface area contributed by atoms with Crippen LogP contribution in [0.1, 0.15) is 43.8 Å². The van der Waals surface area contributed by atoms with Crippen LogP contribution in [-0.4, -0.2) is 29.0 Å². The molecule has 1 aromatic rings. The van der Waals surface area contributed by atoms with Gasteiger partial charge in [0.1, 0.15) is 0 Å². The van der Waals surface area contributed by atoms with Crippen molar-refractivity contribution in [3.05, 3.63) is 18.0 Å². The molecule has 1 saturated carbocycles. The van der Waals surface area contributed by atoms with Gasteiger partial charge in [-0.15, -0.1) is 0 Å². The maximum absolute atomic E-state index is 5.34. The van der Waals surface area contributed by atoms with Gasteiger partial charge in [-0.05, 0) is 25.3 Å². The van der Waals surface area contributed by atoms with Crippen LogP contribution in [0.3, 0.4) is 0 Å². The molecule has 2 aliphatic rings. The number of rotatable bonds is 4. The van der Waals surface area contributed by atoms with E-state index in [1.54, 1.807) is 0 Å². The summed E-state index contributed by atoms with van der Waals surface area (Å²) in [5, 5.41) is 8.17. The van der Waals surface area contributed by atoms with Crippen LogP contribution in [0.15, 0.2) is 12.3 Å². The molecule has 1 aliphatic heterocycles. The zero-order chi connectivity index (χ0) is 11.5. The summed E-state index contributed by atoms with van der Waals surface area (Å²) in [7, 11) is 0. The average Bonchev–Trinajstić information content (AvgIpc) is 3.09. The Balaban J connectivity index is 1.52. The quantitative estimate of drug-likeness (QED) is 0.866. The van der Waals surface area contributed by atoms with Gasteiger partial charge in [-0.2, -0.15) is 5.10 Å². The Morgan fingerprint density at radius 1 is 1.35 bits per heavy atom. The Labute approximate surface area is 102 Å². The molecule has 94 valence electrons. The summed E-state index contributed by atoms with van der Waals surface area (Å²) in [5.41, 5.74) is 1.16. The van der Waals surface area contributed by atoms with E-state index >= 15 is 0 Å². The van der Waals surface area contributed by atoms with Gasteiger partial charge in [-0.3, -0.25) is 4.68 Å². The summed E-state index contributed by atoms with van der Waals surface area (Å²) in [4.78, 5) is 0. The lowest BCUT2D eigenvalue weighted by molar-refractivity contribution is 0.189. The van der Waals surface area contributed by atoms with Gasteiger partial charge in [0.05, 0.1) is 18.3 Å². The predicted octanol–water partition coefficient (Wildman–Crippen LogP) is 1.88. The van der Waals surface area contributed by atoms with Crippen molar-refractivity contribution in [1.29, 1.82) is 0 Å². The van der Waals surface area contributed by atoms with Crippen molar-refractivity contribution < 1.29 is 4.74 Å². The molecule has 1 aliphatic carbocycles. The lowest BCUT2D eigenvalue weighted by Gasteiger charge is -2.10. The molecule has 17 heavy (non-hydrogen) atoms. The number of aromatic nitrogens is 2. The molecule has 1 atom stereocenters. The minimum Gasteiger partial charge on any atom is -0.380 e. The Kier molecular flexibility index (Phi) is 3.43. The first kappa shape index (κ1) is 11.2. The van der Waals surface area contributed by atoms with Crippen molar-refractivity contribution in [3.63, 3.8) is 0 Å². The molecular formula is C13H21N3O. The summed E-state index contributed by atoms with van der Waals surface area (Å²) in [6.07, 6.45) is 8.58. The molecule has 4 nitrogen and oxygen atoms in total. The van der Waals surface area contributed by atoms with Gasteiger partial charge in [0, 0.05) is 25.4 Å². The lowest BCUT2D eigenvalue weighted by Crippen LogP contribution is -2.28. The summed E-state index contributed by atoms with van der Waals surface area (Å²) >= 11 is 0. The molecule has 0 aromatic carbocycles. The number of hydrogen-bond acceptors (Lipinski definition) is 3. The Hall–Kier alpha value is -0.870. The highest BCUT2D eigenvalue weighted by atomic mass is 16.5. The topological polar surface area (TPSA) is 39.1 Å². The van der Waals surface area contributed by atoms with Crippen molar-refractivity contribution in [2.45, 2.75) is 50.7 Å². The molecule has 4 heteroatoms. The van der Waals surface area contributed by atoms with E-state index in [1.807, 2.05) is 0 Å². The second-order valence-electron chi connectivity index (χ2n) is 5.17. The smallest absolute Gasteiger partial charge is 0.0762 e. The molecular weight excluding hydrogens is 214 g/mol. The van der Waals surface area contributed by atoms with E-state index in [-0.39, 0.29) is 0 Å². The molecule has 0 radical (unpaired) electrons. The van der Waals surface area contributed by atoms with E-state index in [9.17, 15) is 0 Å². The third kappa shape index (κ3) is 2.69. The number of hydrogen-bond donors (Lipinski definition) is 1. The van der Waals surface area contributed by atoms with Gasteiger partial charge in [-0.25, -0.2) is 0 Å². The minimum absolute atomic E-state index is 0.520. The normalized spacial score (nSPS) is 25.8. The maximum Gasteiger partial charge on any atom is 0.0762 e.